The zero-order valence-electron chi connectivity index (χ0n) is 17.5. The van der Waals surface area contributed by atoms with Gasteiger partial charge in [-0.1, -0.05) is 18.2 Å². The van der Waals surface area contributed by atoms with Gasteiger partial charge in [-0.05, 0) is 31.2 Å². The molecule has 8 nitrogen and oxygen atoms in total. The molecule has 2 aromatic carbocycles. The Morgan fingerprint density at radius 1 is 1.06 bits per heavy atom. The highest BCUT2D eigenvalue weighted by Crippen LogP contribution is 2.32. The minimum Gasteiger partial charge on any atom is -0.454 e. The van der Waals surface area contributed by atoms with Crippen LogP contribution in [0.5, 0.6) is 11.5 Å². The van der Waals surface area contributed by atoms with Crippen LogP contribution >= 0.6 is 0 Å². The van der Waals surface area contributed by atoms with E-state index in [0.29, 0.717) is 36.1 Å². The Balaban J connectivity index is 1.30. The second kappa shape index (κ2) is 8.03. The first-order valence-electron chi connectivity index (χ1n) is 10.7. The van der Waals surface area contributed by atoms with Crippen LogP contribution in [0, 0.1) is 0 Å². The van der Waals surface area contributed by atoms with E-state index in [9.17, 15) is 9.59 Å². The lowest BCUT2D eigenvalue weighted by molar-refractivity contribution is -0.917. The first kappa shape index (κ1) is 19.6. The van der Waals surface area contributed by atoms with Gasteiger partial charge >= 0.3 is 0 Å². The lowest BCUT2D eigenvalue weighted by atomic mass is 10.1. The predicted molar refractivity (Wildman–Crippen MR) is 115 cm³/mol. The van der Waals surface area contributed by atoms with Crippen LogP contribution in [0.3, 0.4) is 0 Å². The molecule has 1 amide bonds. The molecule has 3 aromatic rings. The molecule has 0 saturated carbocycles. The zero-order chi connectivity index (χ0) is 21.4. The van der Waals surface area contributed by atoms with Crippen molar-refractivity contribution in [2.24, 2.45) is 0 Å². The number of hydrogen-bond donors (Lipinski definition) is 1. The second-order valence-electron chi connectivity index (χ2n) is 7.92. The van der Waals surface area contributed by atoms with Gasteiger partial charge in [-0.15, -0.1) is 0 Å². The number of aryl methyl sites for hydroxylation is 1. The van der Waals surface area contributed by atoms with Gasteiger partial charge in [0, 0.05) is 17.5 Å². The van der Waals surface area contributed by atoms with Crippen LogP contribution < -0.4 is 19.9 Å². The van der Waals surface area contributed by atoms with E-state index in [1.807, 2.05) is 36.1 Å². The Kier molecular flexibility index (Phi) is 5.07. The number of fused-ring (bicyclic) bond motifs is 2. The number of hydrogen-bond acceptors (Lipinski definition) is 5. The van der Waals surface area contributed by atoms with Gasteiger partial charge in [-0.2, -0.15) is 5.10 Å². The molecule has 0 bridgehead atoms. The Morgan fingerprint density at radius 2 is 1.81 bits per heavy atom. The van der Waals surface area contributed by atoms with Crippen LogP contribution in [-0.4, -0.2) is 53.6 Å². The van der Waals surface area contributed by atoms with E-state index in [2.05, 4.69) is 11.2 Å². The summed E-state index contributed by atoms with van der Waals surface area (Å²) in [5, 5.41) is 5.55. The Hall–Kier alpha value is -3.39. The molecule has 0 spiro atoms. The van der Waals surface area contributed by atoms with Crippen molar-refractivity contribution in [3.05, 3.63) is 64.1 Å². The van der Waals surface area contributed by atoms with E-state index in [4.69, 9.17) is 9.47 Å². The minimum atomic E-state index is -0.160. The fourth-order valence-electron chi connectivity index (χ4n) is 4.30. The smallest absolute Gasteiger partial charge is 0.275 e. The van der Waals surface area contributed by atoms with E-state index in [1.54, 1.807) is 12.1 Å². The van der Waals surface area contributed by atoms with Gasteiger partial charge in [0.1, 0.15) is 6.54 Å². The van der Waals surface area contributed by atoms with Gasteiger partial charge in [0.05, 0.1) is 31.6 Å². The molecule has 1 aromatic heterocycles. The van der Waals surface area contributed by atoms with E-state index in [1.165, 1.54) is 15.1 Å². The fraction of sp³-hybridized carbons (Fsp3) is 0.348. The van der Waals surface area contributed by atoms with Gasteiger partial charge in [-0.3, -0.25) is 9.59 Å². The van der Waals surface area contributed by atoms with Gasteiger partial charge in [0.15, 0.2) is 17.2 Å². The Bertz CT molecular complexity index is 1200. The highest BCUT2D eigenvalue weighted by molar-refractivity contribution is 6.04. The molecule has 0 unspecified atom stereocenters. The number of rotatable bonds is 4. The molecule has 2 aliphatic heterocycles. The standard InChI is InChI=1S/C23H24N4O4/c1-2-27-22(28)18-6-4-3-5-17(18)21(24-27)23(29)26-11-9-25(10-12-26)14-16-7-8-19-20(13-16)31-15-30-19/h3-8,13H,2,9-12,14-15H2,1H3/p+1. The topological polar surface area (TPSA) is 78.1 Å². The van der Waals surface area contributed by atoms with Gasteiger partial charge < -0.3 is 19.3 Å². The normalized spacial score (nSPS) is 16.1. The highest BCUT2D eigenvalue weighted by Gasteiger charge is 2.28. The SMILES string of the molecule is CCn1nc(C(=O)N2CC[NH+](Cc3ccc4c(c3)OCO4)CC2)c2ccccc2c1=O. The molecule has 1 fully saturated rings. The Morgan fingerprint density at radius 3 is 2.58 bits per heavy atom. The molecule has 0 radical (unpaired) electrons. The van der Waals surface area contributed by atoms with Gasteiger partial charge in [-0.25, -0.2) is 4.68 Å². The third-order valence-corrected chi connectivity index (χ3v) is 6.02. The molecule has 31 heavy (non-hydrogen) atoms. The molecule has 0 atom stereocenters. The Labute approximate surface area is 179 Å². The summed E-state index contributed by atoms with van der Waals surface area (Å²) >= 11 is 0. The maximum Gasteiger partial charge on any atom is 0.275 e. The number of carbonyl (C=O) groups excluding carboxylic acids is 1. The van der Waals surface area contributed by atoms with E-state index in [-0.39, 0.29) is 18.3 Å². The minimum absolute atomic E-state index is 0.111. The van der Waals surface area contributed by atoms with Crippen molar-refractivity contribution in [3.63, 3.8) is 0 Å². The average molecular weight is 421 g/mol. The van der Waals surface area contributed by atoms with Crippen LogP contribution in [0.2, 0.25) is 0 Å². The number of carbonyl (C=O) groups is 1. The van der Waals surface area contributed by atoms with Crippen molar-refractivity contribution < 1.29 is 19.2 Å². The summed E-state index contributed by atoms with van der Waals surface area (Å²) in [5.74, 6) is 1.48. The molecular formula is C23H25N4O4+. The summed E-state index contributed by atoms with van der Waals surface area (Å²) in [6.45, 7) is 6.45. The third-order valence-electron chi connectivity index (χ3n) is 6.02. The third kappa shape index (κ3) is 3.63. The molecule has 2 aliphatic rings. The first-order chi connectivity index (χ1) is 15.1. The predicted octanol–water partition coefficient (Wildman–Crippen LogP) is 0.686. The average Bonchev–Trinajstić information content (AvgIpc) is 3.28. The van der Waals surface area contributed by atoms with Crippen molar-refractivity contribution in [1.82, 2.24) is 14.7 Å². The summed E-state index contributed by atoms with van der Waals surface area (Å²) in [6.07, 6.45) is 0. The number of amides is 1. The molecule has 0 aliphatic carbocycles. The van der Waals surface area contributed by atoms with Crippen molar-refractivity contribution >= 4 is 16.7 Å². The lowest BCUT2D eigenvalue weighted by Gasteiger charge is -2.32. The van der Waals surface area contributed by atoms with Crippen molar-refractivity contribution in [2.75, 3.05) is 33.0 Å². The van der Waals surface area contributed by atoms with E-state index < -0.39 is 0 Å². The summed E-state index contributed by atoms with van der Waals surface area (Å²) in [4.78, 5) is 29.1. The zero-order valence-corrected chi connectivity index (χ0v) is 17.5. The van der Waals surface area contributed by atoms with Crippen LogP contribution in [0.4, 0.5) is 0 Å². The summed E-state index contributed by atoms with van der Waals surface area (Å²) in [5.41, 5.74) is 1.39. The fourth-order valence-corrected chi connectivity index (χ4v) is 4.30. The summed E-state index contributed by atoms with van der Waals surface area (Å²) in [7, 11) is 0. The molecule has 5 rings (SSSR count). The molecular weight excluding hydrogens is 396 g/mol. The number of nitrogens with one attached hydrogen (secondary N) is 1. The van der Waals surface area contributed by atoms with E-state index >= 15 is 0 Å². The molecule has 1 N–H and O–H groups in total. The molecule has 1 saturated heterocycles. The largest absolute Gasteiger partial charge is 0.454 e. The molecule has 8 heteroatoms. The number of benzene rings is 2. The number of aromatic nitrogens is 2. The number of piperazine rings is 1. The maximum absolute atomic E-state index is 13.3. The first-order valence-corrected chi connectivity index (χ1v) is 10.7. The van der Waals surface area contributed by atoms with Gasteiger partial charge in [0.2, 0.25) is 6.79 Å². The van der Waals surface area contributed by atoms with Crippen molar-refractivity contribution in [2.45, 2.75) is 20.0 Å². The monoisotopic (exact) mass is 421 g/mol. The van der Waals surface area contributed by atoms with Crippen molar-refractivity contribution in [1.29, 1.82) is 0 Å². The highest BCUT2D eigenvalue weighted by atomic mass is 16.7. The van der Waals surface area contributed by atoms with Gasteiger partial charge in [0.25, 0.3) is 11.5 Å². The van der Waals surface area contributed by atoms with Crippen LogP contribution in [0.25, 0.3) is 10.8 Å². The summed E-state index contributed by atoms with van der Waals surface area (Å²) in [6, 6.07) is 13.3. The lowest BCUT2D eigenvalue weighted by Crippen LogP contribution is -3.13. The van der Waals surface area contributed by atoms with Crippen LogP contribution in [-0.2, 0) is 13.1 Å². The second-order valence-corrected chi connectivity index (χ2v) is 7.92. The number of quaternary nitrogens is 1. The van der Waals surface area contributed by atoms with E-state index in [0.717, 1.165) is 31.1 Å². The molecule has 3 heterocycles. The number of nitrogens with zero attached hydrogens (tertiary/aromatic N) is 3. The molecule has 160 valence electrons. The van der Waals surface area contributed by atoms with Crippen LogP contribution in [0.15, 0.2) is 47.3 Å². The maximum atomic E-state index is 13.3. The van der Waals surface area contributed by atoms with Crippen LogP contribution in [0.1, 0.15) is 23.0 Å². The summed E-state index contributed by atoms with van der Waals surface area (Å²) < 4.78 is 12.2. The van der Waals surface area contributed by atoms with Crippen molar-refractivity contribution in [3.8, 4) is 11.5 Å². The quantitative estimate of drug-likeness (QED) is 0.671. The number of ether oxygens (including phenoxy) is 2.